The summed E-state index contributed by atoms with van der Waals surface area (Å²) < 4.78 is 0. The number of aryl methyl sites for hydroxylation is 2. The third-order valence-electron chi connectivity index (χ3n) is 20.2. The second kappa shape index (κ2) is 23.6. The van der Waals surface area contributed by atoms with Gasteiger partial charge in [-0.25, -0.2) is 0 Å². The van der Waals surface area contributed by atoms with Gasteiger partial charge in [0.2, 0.25) is 0 Å². The van der Waals surface area contributed by atoms with Crippen molar-refractivity contribution in [1.82, 2.24) is 0 Å². The first kappa shape index (κ1) is 56.0. The summed E-state index contributed by atoms with van der Waals surface area (Å²) in [6.07, 6.45) is 34.8. The van der Waals surface area contributed by atoms with E-state index in [1.54, 1.807) is 22.3 Å². The molecule has 8 bridgehead atoms. The van der Waals surface area contributed by atoms with E-state index in [0.717, 1.165) is 47.3 Å². The number of hydrogen-bond donors (Lipinski definition) is 0. The topological polar surface area (TPSA) is 0 Å². The fourth-order valence-corrected chi connectivity index (χ4v) is 18.2. The molecule has 10 aliphatic rings. The molecule has 0 heterocycles. The van der Waals surface area contributed by atoms with Gasteiger partial charge in [0.15, 0.2) is 0 Å². The molecule has 0 spiro atoms. The minimum absolute atomic E-state index is 0. The van der Waals surface area contributed by atoms with Gasteiger partial charge in [-0.15, -0.1) is 81.8 Å². The predicted molar refractivity (Wildman–Crippen MR) is 313 cm³/mol. The van der Waals surface area contributed by atoms with Crippen LogP contribution in [0.1, 0.15) is 175 Å². The summed E-state index contributed by atoms with van der Waals surface area (Å²) in [6.45, 7) is 7.59. The third-order valence-corrected chi connectivity index (χ3v) is 20.2. The monoisotopic (exact) mass is 1090 g/mol. The molecule has 0 aliphatic heterocycles. The second-order valence-electron chi connectivity index (χ2n) is 25.3. The Kier molecular flexibility index (Phi) is 18.3. The molecule has 0 unspecified atom stereocenters. The average Bonchev–Trinajstić information content (AvgIpc) is 3.94. The Morgan fingerprint density at radius 2 is 0.750 bits per heavy atom. The van der Waals surface area contributed by atoms with E-state index in [1.807, 2.05) is 0 Å². The van der Waals surface area contributed by atoms with Gasteiger partial charge < -0.3 is 14.9 Å². The molecule has 0 N–H and O–H groups in total. The maximum absolute atomic E-state index is 3.06. The van der Waals surface area contributed by atoms with Crippen molar-refractivity contribution in [3.05, 3.63) is 145 Å². The van der Waals surface area contributed by atoms with E-state index in [9.17, 15) is 0 Å². The molecular weight excluding hydrogens is 1010 g/mol. The molecule has 72 heavy (non-hydrogen) atoms. The quantitative estimate of drug-likeness (QED) is 0.105. The molecule has 0 saturated heterocycles. The summed E-state index contributed by atoms with van der Waals surface area (Å²) in [7, 11) is 0. The Hall–Kier alpha value is -2.22. The molecular formula is C68H86Cl2SiZr-4. The Labute approximate surface area is 466 Å². The van der Waals surface area contributed by atoms with Crippen LogP contribution >= 0.6 is 24.8 Å². The zero-order valence-electron chi connectivity index (χ0n) is 44.6. The van der Waals surface area contributed by atoms with Crippen LogP contribution in [0.4, 0.5) is 0 Å². The standard InChI is InChI=1S/2C33H39.2CH3.2ClH.Si.Zr/c2*1-22-11-29-17-24(13-23-5-3-2-4-6-23)18-32(29)31(12-22)28-7-9-30(10-8-28)33-19-25-14-26(20-33)16-27(15-25)21-33;;;;;;/h2*7-12,17-18,23,25-27H,2-6,13-16,19-21H2,1H3;2*1H3;2*1H;;/q4*-1;;;;. The van der Waals surface area contributed by atoms with Crippen molar-refractivity contribution >= 4 is 53.2 Å². The molecule has 10 saturated carbocycles. The van der Waals surface area contributed by atoms with Crippen LogP contribution in [0.2, 0.25) is 0 Å². The predicted octanol–water partition coefficient (Wildman–Crippen LogP) is 19.6. The number of benzene rings is 4. The van der Waals surface area contributed by atoms with Gasteiger partial charge in [-0.3, -0.25) is 0 Å². The molecule has 4 heteroatoms. The van der Waals surface area contributed by atoms with Crippen LogP contribution in [0.15, 0.2) is 97.1 Å². The first-order chi connectivity index (χ1) is 33.3. The van der Waals surface area contributed by atoms with Gasteiger partial charge in [-0.2, -0.15) is 12.1 Å². The van der Waals surface area contributed by atoms with E-state index >= 15 is 0 Å². The average molecular weight is 1090 g/mol. The van der Waals surface area contributed by atoms with Crippen molar-refractivity contribution in [3.63, 3.8) is 0 Å². The first-order valence-electron chi connectivity index (χ1n) is 28.1. The zero-order valence-corrected chi connectivity index (χ0v) is 49.7. The van der Waals surface area contributed by atoms with Crippen LogP contribution in [0.5, 0.6) is 0 Å². The molecule has 0 atom stereocenters. The van der Waals surface area contributed by atoms with E-state index in [2.05, 4.69) is 118 Å². The van der Waals surface area contributed by atoms with Crippen LogP contribution in [-0.2, 0) is 47.0 Å². The van der Waals surface area contributed by atoms with Gasteiger partial charge in [0.1, 0.15) is 0 Å². The van der Waals surface area contributed by atoms with Crippen LogP contribution < -0.4 is 0 Å². The van der Waals surface area contributed by atoms with Gasteiger partial charge >= 0.3 is 30.2 Å². The molecule has 0 aromatic heterocycles. The van der Waals surface area contributed by atoms with E-state index in [4.69, 9.17) is 0 Å². The normalized spacial score (nSPS) is 28.9. The van der Waals surface area contributed by atoms with Crippen LogP contribution in [-0.4, -0.2) is 6.88 Å². The van der Waals surface area contributed by atoms with Crippen molar-refractivity contribution < 1.29 is 23.3 Å². The van der Waals surface area contributed by atoms with Crippen molar-refractivity contribution in [2.45, 2.75) is 179 Å². The number of halogens is 2. The number of hydrogen-bond acceptors (Lipinski definition) is 0. The first-order valence-corrected chi connectivity index (χ1v) is 32.3. The molecule has 0 amide bonds. The Bertz CT molecular complexity index is 2460. The molecule has 2 radical (unpaired) electrons. The summed E-state index contributed by atoms with van der Waals surface area (Å²) in [6, 6.07) is 39.5. The Morgan fingerprint density at radius 1 is 0.444 bits per heavy atom. The van der Waals surface area contributed by atoms with Crippen molar-refractivity contribution in [1.29, 1.82) is 0 Å². The van der Waals surface area contributed by atoms with E-state index in [-0.39, 0.29) is 39.7 Å². The van der Waals surface area contributed by atoms with Gasteiger partial charge in [-0.1, -0.05) is 147 Å². The Balaban J connectivity index is 0.000000177. The molecule has 6 aromatic rings. The fourth-order valence-electron chi connectivity index (χ4n) is 18.2. The zero-order chi connectivity index (χ0) is 46.0. The Morgan fingerprint density at radius 3 is 1.06 bits per heavy atom. The molecule has 10 fully saturated rings. The van der Waals surface area contributed by atoms with E-state index in [1.165, 1.54) is 232 Å². The third kappa shape index (κ3) is 11.3. The van der Waals surface area contributed by atoms with Gasteiger partial charge in [-0.05, 0) is 184 Å². The van der Waals surface area contributed by atoms with Crippen molar-refractivity contribution in [2.75, 3.05) is 0 Å². The summed E-state index contributed by atoms with van der Waals surface area (Å²) in [5, 5.41) is 5.82. The van der Waals surface area contributed by atoms with Gasteiger partial charge in [0, 0.05) is 0 Å². The molecule has 384 valence electrons. The minimum atomic E-state index is 0. The van der Waals surface area contributed by atoms with Gasteiger partial charge in [0.25, 0.3) is 0 Å². The molecule has 10 aliphatic carbocycles. The van der Waals surface area contributed by atoms with E-state index in [0.29, 0.717) is 10.8 Å². The van der Waals surface area contributed by atoms with Crippen LogP contribution in [0.25, 0.3) is 43.8 Å². The summed E-state index contributed by atoms with van der Waals surface area (Å²) in [4.78, 5) is 0. The van der Waals surface area contributed by atoms with Crippen molar-refractivity contribution in [2.24, 2.45) is 47.3 Å². The summed E-state index contributed by atoms with van der Waals surface area (Å²) in [5.41, 5.74) is 15.9. The fraction of sp³-hybridized carbons (Fsp3) is 0.529. The molecule has 16 rings (SSSR count). The van der Waals surface area contributed by atoms with Gasteiger partial charge in [0.05, 0.1) is 0 Å². The molecule has 6 aromatic carbocycles. The van der Waals surface area contributed by atoms with Crippen molar-refractivity contribution in [3.8, 4) is 22.3 Å². The van der Waals surface area contributed by atoms with Crippen LogP contribution in [0.3, 0.4) is 0 Å². The SMILES string of the molecule is Cc1cc(-c2ccc(C34CC5CC(CC(C5)C3)C4)cc2)c2cc(CC3CCCCC3)[cH-]c2c1.Cc1cc(-c2ccc(C34CC5CC(CC(C5)C3)C4)cc2)c2cc(CC3CCCCC3)[cH-]c2c1.Cl.Cl.[CH3-].[CH3-].[Si]=[Zr]. The summed E-state index contributed by atoms with van der Waals surface area (Å²) in [5.74, 6) is 7.88. The summed E-state index contributed by atoms with van der Waals surface area (Å²) >= 11 is 1.36. The number of rotatable bonds is 8. The molecule has 0 nitrogen and oxygen atoms in total. The second-order valence-corrected chi connectivity index (χ2v) is 25.3. The van der Waals surface area contributed by atoms with E-state index < -0.39 is 0 Å². The number of fused-ring (bicyclic) bond motifs is 2. The maximum atomic E-state index is 3.06. The van der Waals surface area contributed by atoms with Crippen LogP contribution in [0, 0.1) is 76.0 Å².